The van der Waals surface area contributed by atoms with Gasteiger partial charge in [0.15, 0.2) is 0 Å². The van der Waals surface area contributed by atoms with Gasteiger partial charge in [0.2, 0.25) is 0 Å². The molecule has 7 nitrogen and oxygen atoms in total. The average Bonchev–Trinajstić information content (AvgIpc) is 3.30. The standard InChI is InChI=1S/C26H26N6OS/c1-31-13-15-32(16-14-31)18-23(19-7-3-2-4-8-19)33-26-28-12-11-21(30-26)20(17-27)25-29-22-9-5-6-10-24(22)34-25/h2-12,20,23H,13-16,18H2,1H3. The summed E-state index contributed by atoms with van der Waals surface area (Å²) in [6, 6.07) is 22.5. The summed E-state index contributed by atoms with van der Waals surface area (Å²) < 4.78 is 7.41. The van der Waals surface area contributed by atoms with E-state index < -0.39 is 5.92 Å². The zero-order chi connectivity index (χ0) is 23.3. The Morgan fingerprint density at radius 3 is 2.53 bits per heavy atom. The molecule has 0 N–H and O–H groups in total. The zero-order valence-electron chi connectivity index (χ0n) is 19.0. The molecule has 0 bridgehead atoms. The van der Waals surface area contributed by atoms with Crippen LogP contribution < -0.4 is 4.74 Å². The lowest BCUT2D eigenvalue weighted by molar-refractivity contribution is 0.0879. The molecule has 2 aromatic carbocycles. The number of likely N-dealkylation sites (N-methyl/N-ethyl adjacent to an activating group) is 1. The van der Waals surface area contributed by atoms with E-state index in [1.807, 2.05) is 42.5 Å². The largest absolute Gasteiger partial charge is 0.454 e. The van der Waals surface area contributed by atoms with Crippen LogP contribution in [0.25, 0.3) is 10.2 Å². The van der Waals surface area contributed by atoms with Crippen molar-refractivity contribution in [2.75, 3.05) is 39.8 Å². The number of para-hydroxylation sites is 1. The van der Waals surface area contributed by atoms with Crippen molar-refractivity contribution in [1.29, 1.82) is 5.26 Å². The van der Waals surface area contributed by atoms with E-state index in [1.165, 1.54) is 11.3 Å². The molecule has 1 saturated heterocycles. The lowest BCUT2D eigenvalue weighted by Gasteiger charge is -2.34. The number of hydrogen-bond acceptors (Lipinski definition) is 8. The first-order valence-electron chi connectivity index (χ1n) is 11.4. The van der Waals surface area contributed by atoms with Crippen molar-refractivity contribution in [3.8, 4) is 12.1 Å². The van der Waals surface area contributed by atoms with Crippen LogP contribution in [0.3, 0.4) is 0 Å². The van der Waals surface area contributed by atoms with E-state index in [-0.39, 0.29) is 12.1 Å². The van der Waals surface area contributed by atoms with Crippen LogP contribution in [-0.2, 0) is 0 Å². The quantitative estimate of drug-likeness (QED) is 0.402. The van der Waals surface area contributed by atoms with Gasteiger partial charge in [-0.3, -0.25) is 4.90 Å². The maximum atomic E-state index is 9.95. The molecule has 3 heterocycles. The Hall–Kier alpha value is -3.38. The number of benzene rings is 2. The van der Waals surface area contributed by atoms with Gasteiger partial charge in [0.05, 0.1) is 22.0 Å². The SMILES string of the molecule is CN1CCN(CC(Oc2nccc(C(C#N)c3nc4ccccc4s3)n2)c2ccccc2)CC1. The van der Waals surface area contributed by atoms with Crippen molar-refractivity contribution in [3.63, 3.8) is 0 Å². The second-order valence-electron chi connectivity index (χ2n) is 8.47. The highest BCUT2D eigenvalue weighted by Gasteiger charge is 2.24. The minimum Gasteiger partial charge on any atom is -0.454 e. The molecule has 5 rings (SSSR count). The first kappa shape index (κ1) is 22.4. The molecule has 2 aromatic heterocycles. The van der Waals surface area contributed by atoms with E-state index >= 15 is 0 Å². The molecule has 8 heteroatoms. The van der Waals surface area contributed by atoms with Crippen molar-refractivity contribution >= 4 is 21.6 Å². The Bertz CT molecular complexity index is 1250. The molecule has 1 fully saturated rings. The summed E-state index contributed by atoms with van der Waals surface area (Å²) in [5, 5.41) is 10.7. The van der Waals surface area contributed by atoms with Crippen LogP contribution in [0.15, 0.2) is 66.9 Å². The molecule has 0 amide bonds. The minimum absolute atomic E-state index is 0.206. The molecule has 34 heavy (non-hydrogen) atoms. The summed E-state index contributed by atoms with van der Waals surface area (Å²) in [7, 11) is 2.15. The third-order valence-corrected chi connectivity index (χ3v) is 7.18. The Labute approximate surface area is 203 Å². The summed E-state index contributed by atoms with van der Waals surface area (Å²) in [4.78, 5) is 18.4. The van der Waals surface area contributed by atoms with Crippen LogP contribution in [-0.4, -0.2) is 64.5 Å². The van der Waals surface area contributed by atoms with Crippen LogP contribution in [0, 0.1) is 11.3 Å². The Balaban J connectivity index is 1.39. The van der Waals surface area contributed by atoms with Gasteiger partial charge in [-0.25, -0.2) is 9.97 Å². The molecule has 1 aliphatic heterocycles. The average molecular weight is 471 g/mol. The van der Waals surface area contributed by atoms with E-state index in [1.54, 1.807) is 12.3 Å². The fourth-order valence-corrected chi connectivity index (χ4v) is 5.13. The molecule has 0 spiro atoms. The second kappa shape index (κ2) is 10.3. The third kappa shape index (κ3) is 5.07. The summed E-state index contributed by atoms with van der Waals surface area (Å²) in [6.07, 6.45) is 1.45. The van der Waals surface area contributed by atoms with Gasteiger partial charge in [-0.15, -0.1) is 11.3 Å². The molecule has 2 atom stereocenters. The van der Waals surface area contributed by atoms with Gasteiger partial charge in [0.1, 0.15) is 17.0 Å². The summed E-state index contributed by atoms with van der Waals surface area (Å²) in [6.45, 7) is 4.83. The summed E-state index contributed by atoms with van der Waals surface area (Å²) in [5.41, 5.74) is 2.57. The number of fused-ring (bicyclic) bond motifs is 1. The molecule has 1 aliphatic rings. The number of hydrogen-bond donors (Lipinski definition) is 0. The second-order valence-corrected chi connectivity index (χ2v) is 9.53. The predicted molar refractivity (Wildman–Crippen MR) is 133 cm³/mol. The lowest BCUT2D eigenvalue weighted by atomic mass is 10.1. The van der Waals surface area contributed by atoms with Crippen molar-refractivity contribution in [2.45, 2.75) is 12.0 Å². The lowest BCUT2D eigenvalue weighted by Crippen LogP contribution is -2.46. The van der Waals surface area contributed by atoms with Gasteiger partial charge in [-0.05, 0) is 30.8 Å². The van der Waals surface area contributed by atoms with Crippen LogP contribution in [0.4, 0.5) is 0 Å². The predicted octanol–water partition coefficient (Wildman–Crippen LogP) is 4.11. The van der Waals surface area contributed by atoms with Crippen molar-refractivity contribution < 1.29 is 4.74 Å². The molecule has 2 unspecified atom stereocenters. The summed E-state index contributed by atoms with van der Waals surface area (Å²) in [5.74, 6) is -0.574. The van der Waals surface area contributed by atoms with E-state index in [2.05, 4.69) is 50.0 Å². The number of piperazine rings is 1. The van der Waals surface area contributed by atoms with Crippen LogP contribution in [0.5, 0.6) is 6.01 Å². The maximum Gasteiger partial charge on any atom is 0.317 e. The van der Waals surface area contributed by atoms with Gasteiger partial charge >= 0.3 is 6.01 Å². The molecular weight excluding hydrogens is 444 g/mol. The normalized spacial score (nSPS) is 16.7. The number of nitriles is 1. The number of ether oxygens (including phenoxy) is 1. The zero-order valence-corrected chi connectivity index (χ0v) is 19.9. The molecule has 0 saturated carbocycles. The van der Waals surface area contributed by atoms with E-state index in [0.29, 0.717) is 5.69 Å². The van der Waals surface area contributed by atoms with Crippen LogP contribution in [0.1, 0.15) is 28.3 Å². The van der Waals surface area contributed by atoms with E-state index in [0.717, 1.165) is 53.5 Å². The minimum atomic E-state index is -0.574. The highest BCUT2D eigenvalue weighted by Crippen LogP contribution is 2.31. The third-order valence-electron chi connectivity index (χ3n) is 6.08. The topological polar surface area (TPSA) is 78.2 Å². The highest BCUT2D eigenvalue weighted by molar-refractivity contribution is 7.18. The van der Waals surface area contributed by atoms with E-state index in [9.17, 15) is 5.26 Å². The fraction of sp³-hybridized carbons (Fsp3) is 0.308. The first-order chi connectivity index (χ1) is 16.7. The molecule has 172 valence electrons. The van der Waals surface area contributed by atoms with Gasteiger partial charge in [0.25, 0.3) is 0 Å². The van der Waals surface area contributed by atoms with Gasteiger partial charge in [-0.2, -0.15) is 10.2 Å². The number of thiazole rings is 1. The molecule has 0 aliphatic carbocycles. The smallest absolute Gasteiger partial charge is 0.317 e. The molecular formula is C26H26N6OS. The Morgan fingerprint density at radius 1 is 1.00 bits per heavy atom. The number of rotatable bonds is 7. The first-order valence-corrected chi connectivity index (χ1v) is 12.2. The van der Waals surface area contributed by atoms with Crippen LogP contribution in [0.2, 0.25) is 0 Å². The number of aromatic nitrogens is 3. The molecule has 0 radical (unpaired) electrons. The van der Waals surface area contributed by atoms with Crippen molar-refractivity contribution in [2.24, 2.45) is 0 Å². The monoisotopic (exact) mass is 470 g/mol. The van der Waals surface area contributed by atoms with E-state index in [4.69, 9.17) is 4.74 Å². The van der Waals surface area contributed by atoms with Crippen LogP contribution >= 0.6 is 11.3 Å². The summed E-state index contributed by atoms with van der Waals surface area (Å²) >= 11 is 1.52. The van der Waals surface area contributed by atoms with Gasteiger partial charge < -0.3 is 9.64 Å². The number of nitrogens with zero attached hydrogens (tertiary/aromatic N) is 6. The van der Waals surface area contributed by atoms with Gasteiger partial charge in [0, 0.05) is 38.9 Å². The molecule has 4 aromatic rings. The highest BCUT2D eigenvalue weighted by atomic mass is 32.1. The Morgan fingerprint density at radius 2 is 1.76 bits per heavy atom. The fourth-order valence-electron chi connectivity index (χ4n) is 4.10. The van der Waals surface area contributed by atoms with Gasteiger partial charge in [-0.1, -0.05) is 42.5 Å². The Kier molecular flexibility index (Phi) is 6.77. The maximum absolute atomic E-state index is 9.95. The van der Waals surface area contributed by atoms with Crippen molar-refractivity contribution in [3.05, 3.63) is 83.1 Å². The van der Waals surface area contributed by atoms with Crippen molar-refractivity contribution in [1.82, 2.24) is 24.8 Å².